The van der Waals surface area contributed by atoms with Crippen LogP contribution in [0.25, 0.3) is 0 Å². The number of anilines is 1. The highest BCUT2D eigenvalue weighted by Gasteiger charge is 2.29. The maximum absolute atomic E-state index is 13.0. The van der Waals surface area contributed by atoms with Crippen molar-refractivity contribution in [2.45, 2.75) is 4.90 Å². The van der Waals surface area contributed by atoms with E-state index in [2.05, 4.69) is 5.32 Å². The molecule has 9 heteroatoms. The van der Waals surface area contributed by atoms with E-state index in [1.165, 1.54) is 22.5 Å². The lowest BCUT2D eigenvalue weighted by atomic mass is 10.2. The van der Waals surface area contributed by atoms with Crippen LogP contribution >= 0.6 is 11.6 Å². The van der Waals surface area contributed by atoms with Gasteiger partial charge in [-0.15, -0.1) is 0 Å². The summed E-state index contributed by atoms with van der Waals surface area (Å²) in [5, 5.41) is 2.85. The summed E-state index contributed by atoms with van der Waals surface area (Å²) in [6, 6.07) is 20.4. The molecular formula is C23H21ClN2O5S. The Morgan fingerprint density at radius 2 is 1.66 bits per heavy atom. The molecule has 3 aromatic carbocycles. The van der Waals surface area contributed by atoms with Crippen molar-refractivity contribution in [3.63, 3.8) is 0 Å². The smallest absolute Gasteiger partial charge is 0.255 e. The first kappa shape index (κ1) is 22.3. The van der Waals surface area contributed by atoms with Crippen LogP contribution in [0.1, 0.15) is 10.4 Å². The number of nitrogens with one attached hydrogen (secondary N) is 1. The molecule has 1 amide bonds. The molecular weight excluding hydrogens is 452 g/mol. The Kier molecular flexibility index (Phi) is 6.76. The van der Waals surface area contributed by atoms with Crippen LogP contribution in [-0.2, 0) is 14.8 Å². The molecule has 1 saturated heterocycles. The first-order chi connectivity index (χ1) is 15.4. The Morgan fingerprint density at radius 1 is 0.969 bits per heavy atom. The van der Waals surface area contributed by atoms with Gasteiger partial charge in [0.15, 0.2) is 5.75 Å². The van der Waals surface area contributed by atoms with Crippen LogP contribution in [0.15, 0.2) is 77.7 Å². The Labute approximate surface area is 191 Å². The van der Waals surface area contributed by atoms with Gasteiger partial charge in [0.1, 0.15) is 10.6 Å². The molecule has 1 fully saturated rings. The zero-order valence-electron chi connectivity index (χ0n) is 17.0. The van der Waals surface area contributed by atoms with Crippen molar-refractivity contribution in [3.05, 3.63) is 83.4 Å². The Hall–Kier alpha value is -2.91. The predicted molar refractivity (Wildman–Crippen MR) is 122 cm³/mol. The molecule has 4 rings (SSSR count). The molecule has 1 aliphatic heterocycles. The summed E-state index contributed by atoms with van der Waals surface area (Å²) in [5.74, 6) is 0.603. The number of carbonyl (C=O) groups is 1. The van der Waals surface area contributed by atoms with E-state index >= 15 is 0 Å². The van der Waals surface area contributed by atoms with Gasteiger partial charge in [0.2, 0.25) is 10.0 Å². The number of amides is 1. The topological polar surface area (TPSA) is 84.9 Å². The monoisotopic (exact) mass is 472 g/mol. The normalized spacial score (nSPS) is 14.7. The third-order valence-corrected chi connectivity index (χ3v) is 7.27. The van der Waals surface area contributed by atoms with Crippen molar-refractivity contribution < 1.29 is 22.7 Å². The third kappa shape index (κ3) is 4.94. The van der Waals surface area contributed by atoms with E-state index < -0.39 is 15.9 Å². The standard InChI is InChI=1S/C23H21ClN2O5S/c24-19-11-10-17(16-22(19)32(28,29)26-12-14-30-15-13-26)23(27)25-20-8-4-5-9-21(20)31-18-6-2-1-3-7-18/h1-11,16H,12-15H2,(H,25,27). The molecule has 0 saturated carbocycles. The van der Waals surface area contributed by atoms with E-state index in [1.807, 2.05) is 18.2 Å². The number of para-hydroxylation sites is 3. The average Bonchev–Trinajstić information content (AvgIpc) is 2.82. The van der Waals surface area contributed by atoms with E-state index in [1.54, 1.807) is 36.4 Å². The van der Waals surface area contributed by atoms with Crippen molar-refractivity contribution in [2.75, 3.05) is 31.6 Å². The molecule has 3 aromatic rings. The molecule has 7 nitrogen and oxygen atoms in total. The first-order valence-corrected chi connectivity index (χ1v) is 11.8. The minimum Gasteiger partial charge on any atom is -0.455 e. The van der Waals surface area contributed by atoms with Crippen molar-refractivity contribution in [2.24, 2.45) is 0 Å². The number of halogens is 1. The van der Waals surface area contributed by atoms with Gasteiger partial charge < -0.3 is 14.8 Å². The zero-order valence-corrected chi connectivity index (χ0v) is 18.6. The molecule has 0 bridgehead atoms. The lowest BCUT2D eigenvalue weighted by Gasteiger charge is -2.26. The van der Waals surface area contributed by atoms with Crippen LogP contribution in [0.5, 0.6) is 11.5 Å². The van der Waals surface area contributed by atoms with Gasteiger partial charge in [0.05, 0.1) is 23.9 Å². The number of rotatable bonds is 6. The fourth-order valence-corrected chi connectivity index (χ4v) is 5.15. The number of ether oxygens (including phenoxy) is 2. The van der Waals surface area contributed by atoms with Crippen molar-refractivity contribution >= 4 is 33.2 Å². The zero-order chi connectivity index (χ0) is 22.6. The molecule has 1 N–H and O–H groups in total. The number of hydrogen-bond acceptors (Lipinski definition) is 5. The van der Waals surface area contributed by atoms with E-state index in [4.69, 9.17) is 21.1 Å². The van der Waals surface area contributed by atoms with Crippen LogP contribution in [0.2, 0.25) is 5.02 Å². The summed E-state index contributed by atoms with van der Waals surface area (Å²) in [7, 11) is -3.85. The first-order valence-electron chi connectivity index (χ1n) is 9.96. The molecule has 0 unspecified atom stereocenters. The second-order valence-electron chi connectivity index (χ2n) is 7.03. The molecule has 1 heterocycles. The Balaban J connectivity index is 1.58. The highest BCUT2D eigenvalue weighted by atomic mass is 35.5. The molecule has 166 valence electrons. The van der Waals surface area contributed by atoms with E-state index in [0.717, 1.165) is 0 Å². The van der Waals surface area contributed by atoms with Gasteiger partial charge in [-0.2, -0.15) is 4.31 Å². The highest BCUT2D eigenvalue weighted by Crippen LogP contribution is 2.31. The lowest BCUT2D eigenvalue weighted by molar-refractivity contribution is 0.0730. The SMILES string of the molecule is O=C(Nc1ccccc1Oc1ccccc1)c1ccc(Cl)c(S(=O)(=O)N2CCOCC2)c1. The van der Waals surface area contributed by atoms with Gasteiger partial charge in [0.25, 0.3) is 5.91 Å². The van der Waals surface area contributed by atoms with Crippen molar-refractivity contribution in [1.82, 2.24) is 4.31 Å². The van der Waals surface area contributed by atoms with Gasteiger partial charge in [-0.1, -0.05) is 41.9 Å². The Morgan fingerprint density at radius 3 is 2.41 bits per heavy atom. The van der Waals surface area contributed by atoms with Gasteiger partial charge >= 0.3 is 0 Å². The largest absolute Gasteiger partial charge is 0.455 e. The highest BCUT2D eigenvalue weighted by molar-refractivity contribution is 7.89. The van der Waals surface area contributed by atoms with Crippen molar-refractivity contribution in [3.8, 4) is 11.5 Å². The van der Waals surface area contributed by atoms with Crippen LogP contribution < -0.4 is 10.1 Å². The summed E-state index contributed by atoms with van der Waals surface area (Å²) in [5.41, 5.74) is 0.615. The van der Waals surface area contributed by atoms with Crippen LogP contribution in [0.3, 0.4) is 0 Å². The number of morpholine rings is 1. The minimum atomic E-state index is -3.85. The summed E-state index contributed by atoms with van der Waals surface area (Å²) in [4.78, 5) is 12.8. The predicted octanol–water partition coefficient (Wildman–Crippen LogP) is 4.41. The Bertz CT molecular complexity index is 1210. The van der Waals surface area contributed by atoms with Gasteiger partial charge in [-0.25, -0.2) is 8.42 Å². The molecule has 0 radical (unpaired) electrons. The maximum atomic E-state index is 13.0. The van der Waals surface area contributed by atoms with Gasteiger partial charge in [-0.05, 0) is 42.5 Å². The number of nitrogens with zero attached hydrogens (tertiary/aromatic N) is 1. The second-order valence-corrected chi connectivity index (χ2v) is 9.34. The van der Waals surface area contributed by atoms with E-state index in [-0.39, 0.29) is 28.6 Å². The molecule has 32 heavy (non-hydrogen) atoms. The molecule has 0 spiro atoms. The molecule has 1 aliphatic rings. The van der Waals surface area contributed by atoms with E-state index in [0.29, 0.717) is 30.4 Å². The third-order valence-electron chi connectivity index (χ3n) is 4.89. The summed E-state index contributed by atoms with van der Waals surface area (Å²) in [6.07, 6.45) is 0. The average molecular weight is 473 g/mol. The number of carbonyl (C=O) groups excluding carboxylic acids is 1. The number of benzene rings is 3. The van der Waals surface area contributed by atoms with Gasteiger partial charge in [-0.3, -0.25) is 4.79 Å². The van der Waals surface area contributed by atoms with Crippen LogP contribution in [0.4, 0.5) is 5.69 Å². The summed E-state index contributed by atoms with van der Waals surface area (Å²) < 4.78 is 38.5. The fraction of sp³-hybridized carbons (Fsp3) is 0.174. The van der Waals surface area contributed by atoms with Crippen molar-refractivity contribution in [1.29, 1.82) is 0 Å². The molecule has 0 atom stereocenters. The summed E-state index contributed by atoms with van der Waals surface area (Å²) >= 11 is 6.19. The number of hydrogen-bond donors (Lipinski definition) is 1. The van der Waals surface area contributed by atoms with E-state index in [9.17, 15) is 13.2 Å². The van der Waals surface area contributed by atoms with Gasteiger partial charge in [0, 0.05) is 18.7 Å². The quantitative estimate of drug-likeness (QED) is 0.574. The van der Waals surface area contributed by atoms with Crippen LogP contribution in [-0.4, -0.2) is 44.9 Å². The number of sulfonamides is 1. The molecule has 0 aromatic heterocycles. The molecule has 0 aliphatic carbocycles. The fourth-order valence-electron chi connectivity index (χ4n) is 3.24. The maximum Gasteiger partial charge on any atom is 0.255 e. The second kappa shape index (κ2) is 9.70. The minimum absolute atomic E-state index is 0.0563. The summed E-state index contributed by atoms with van der Waals surface area (Å²) in [6.45, 7) is 1.10. The lowest BCUT2D eigenvalue weighted by Crippen LogP contribution is -2.40. The van der Waals surface area contributed by atoms with Crippen LogP contribution in [0, 0.1) is 0 Å².